The van der Waals surface area contributed by atoms with E-state index < -0.39 is 0 Å². The molecule has 1 atom stereocenters. The lowest BCUT2D eigenvalue weighted by Gasteiger charge is -2.04. The standard InChI is InChI=1S/C13H10ClNOS/c14-9-4-1-3-8-7-10(16-13(8)9)12(15)11-5-2-6-17-11/h1-7,12H,15H2. The molecule has 0 spiro atoms. The summed E-state index contributed by atoms with van der Waals surface area (Å²) in [4.78, 5) is 1.08. The molecule has 0 radical (unpaired) electrons. The van der Waals surface area contributed by atoms with Crippen molar-refractivity contribution in [3.05, 3.63) is 57.4 Å². The Morgan fingerprint density at radius 2 is 2.12 bits per heavy atom. The van der Waals surface area contributed by atoms with Crippen LogP contribution in [0.15, 0.2) is 46.2 Å². The van der Waals surface area contributed by atoms with Crippen LogP contribution in [0.3, 0.4) is 0 Å². The summed E-state index contributed by atoms with van der Waals surface area (Å²) in [6, 6.07) is 11.4. The van der Waals surface area contributed by atoms with Gasteiger partial charge in [0.25, 0.3) is 0 Å². The molecule has 17 heavy (non-hydrogen) atoms. The van der Waals surface area contributed by atoms with Crippen molar-refractivity contribution in [1.29, 1.82) is 0 Å². The minimum Gasteiger partial charge on any atom is -0.457 e. The fraction of sp³-hybridized carbons (Fsp3) is 0.0769. The zero-order valence-corrected chi connectivity index (χ0v) is 10.5. The number of para-hydroxylation sites is 1. The fourth-order valence-corrected chi connectivity index (χ4v) is 2.76. The van der Waals surface area contributed by atoms with Gasteiger partial charge in [-0.15, -0.1) is 11.3 Å². The first-order chi connectivity index (χ1) is 8.25. The van der Waals surface area contributed by atoms with E-state index in [0.717, 1.165) is 16.0 Å². The third kappa shape index (κ3) is 1.86. The number of rotatable bonds is 2. The van der Waals surface area contributed by atoms with Crippen LogP contribution in [0.5, 0.6) is 0 Å². The van der Waals surface area contributed by atoms with Gasteiger partial charge in [-0.1, -0.05) is 29.8 Å². The number of fused-ring (bicyclic) bond motifs is 1. The fourth-order valence-electron chi connectivity index (χ4n) is 1.81. The van der Waals surface area contributed by atoms with Crippen LogP contribution in [0.1, 0.15) is 16.7 Å². The van der Waals surface area contributed by atoms with Crippen LogP contribution in [0.25, 0.3) is 11.0 Å². The third-order valence-corrected chi connectivity index (χ3v) is 3.92. The summed E-state index contributed by atoms with van der Waals surface area (Å²) in [5, 5.41) is 3.61. The van der Waals surface area contributed by atoms with Gasteiger partial charge in [0.15, 0.2) is 5.58 Å². The number of halogens is 1. The number of benzene rings is 1. The molecule has 3 aromatic rings. The van der Waals surface area contributed by atoms with Crippen LogP contribution in [-0.4, -0.2) is 0 Å². The topological polar surface area (TPSA) is 39.2 Å². The molecule has 0 bridgehead atoms. The Kier molecular flexibility index (Phi) is 2.67. The summed E-state index contributed by atoms with van der Waals surface area (Å²) in [7, 11) is 0. The zero-order valence-electron chi connectivity index (χ0n) is 8.89. The van der Waals surface area contributed by atoms with Gasteiger partial charge in [0.1, 0.15) is 5.76 Å². The summed E-state index contributed by atoms with van der Waals surface area (Å²) in [6.07, 6.45) is 0. The first-order valence-electron chi connectivity index (χ1n) is 5.22. The Morgan fingerprint density at radius 1 is 1.24 bits per heavy atom. The predicted octanol–water partition coefficient (Wildman–Crippen LogP) is 4.20. The maximum atomic E-state index is 6.15. The molecular formula is C13H10ClNOS. The van der Waals surface area contributed by atoms with Crippen LogP contribution >= 0.6 is 22.9 Å². The second-order valence-corrected chi connectivity index (χ2v) is 5.19. The smallest absolute Gasteiger partial charge is 0.152 e. The predicted molar refractivity (Wildman–Crippen MR) is 71.6 cm³/mol. The Hall–Kier alpha value is -1.29. The molecule has 86 valence electrons. The van der Waals surface area contributed by atoms with E-state index in [2.05, 4.69) is 0 Å². The third-order valence-electron chi connectivity index (χ3n) is 2.67. The Balaban J connectivity index is 2.10. The molecule has 0 aliphatic rings. The van der Waals surface area contributed by atoms with Gasteiger partial charge in [-0.3, -0.25) is 0 Å². The highest BCUT2D eigenvalue weighted by Crippen LogP contribution is 2.32. The first kappa shape index (κ1) is 10.8. The molecule has 1 unspecified atom stereocenters. The molecule has 0 saturated carbocycles. The van der Waals surface area contributed by atoms with E-state index in [1.54, 1.807) is 11.3 Å². The molecular weight excluding hydrogens is 254 g/mol. The summed E-state index contributed by atoms with van der Waals surface area (Å²) in [5.74, 6) is 0.746. The largest absolute Gasteiger partial charge is 0.457 e. The normalized spacial score (nSPS) is 13.1. The molecule has 3 rings (SSSR count). The van der Waals surface area contributed by atoms with Crippen molar-refractivity contribution in [3.63, 3.8) is 0 Å². The van der Waals surface area contributed by atoms with Crippen molar-refractivity contribution in [2.75, 3.05) is 0 Å². The van der Waals surface area contributed by atoms with Crippen LogP contribution in [0.2, 0.25) is 5.02 Å². The second-order valence-electron chi connectivity index (χ2n) is 3.80. The number of thiophene rings is 1. The van der Waals surface area contributed by atoms with Gasteiger partial charge >= 0.3 is 0 Å². The average molecular weight is 264 g/mol. The minimum atomic E-state index is -0.224. The van der Waals surface area contributed by atoms with Gasteiger partial charge in [0.05, 0.1) is 11.1 Å². The molecule has 2 N–H and O–H groups in total. The Bertz CT molecular complexity index is 645. The molecule has 0 saturated heterocycles. The van der Waals surface area contributed by atoms with Crippen molar-refractivity contribution in [2.24, 2.45) is 5.73 Å². The molecule has 0 aliphatic heterocycles. The van der Waals surface area contributed by atoms with Crippen molar-refractivity contribution < 1.29 is 4.42 Å². The molecule has 0 fully saturated rings. The van der Waals surface area contributed by atoms with E-state index >= 15 is 0 Å². The van der Waals surface area contributed by atoms with Gasteiger partial charge in [0.2, 0.25) is 0 Å². The second kappa shape index (κ2) is 4.18. The van der Waals surface area contributed by atoms with Gasteiger partial charge in [-0.2, -0.15) is 0 Å². The summed E-state index contributed by atoms with van der Waals surface area (Å²) < 4.78 is 5.73. The molecule has 0 amide bonds. The van der Waals surface area contributed by atoms with Gasteiger partial charge in [0, 0.05) is 10.3 Å². The maximum Gasteiger partial charge on any atom is 0.152 e. The van der Waals surface area contributed by atoms with Crippen LogP contribution in [-0.2, 0) is 0 Å². The number of nitrogens with two attached hydrogens (primary N) is 1. The Labute approximate surface area is 108 Å². The highest BCUT2D eigenvalue weighted by Gasteiger charge is 2.15. The maximum absolute atomic E-state index is 6.15. The molecule has 4 heteroatoms. The highest BCUT2D eigenvalue weighted by atomic mass is 35.5. The quantitative estimate of drug-likeness (QED) is 0.753. The molecule has 2 heterocycles. The van der Waals surface area contributed by atoms with E-state index in [0.29, 0.717) is 10.6 Å². The lowest BCUT2D eigenvalue weighted by molar-refractivity contribution is 0.528. The van der Waals surface area contributed by atoms with Crippen LogP contribution in [0.4, 0.5) is 0 Å². The van der Waals surface area contributed by atoms with E-state index in [1.165, 1.54) is 0 Å². The van der Waals surface area contributed by atoms with Crippen LogP contribution < -0.4 is 5.73 Å². The van der Waals surface area contributed by atoms with Crippen molar-refractivity contribution in [3.8, 4) is 0 Å². The van der Waals surface area contributed by atoms with E-state index in [9.17, 15) is 0 Å². The van der Waals surface area contributed by atoms with Crippen molar-refractivity contribution in [1.82, 2.24) is 0 Å². The highest BCUT2D eigenvalue weighted by molar-refractivity contribution is 7.10. The molecule has 0 aliphatic carbocycles. The molecule has 2 aromatic heterocycles. The summed E-state index contributed by atoms with van der Waals surface area (Å²) >= 11 is 7.69. The molecule has 2 nitrogen and oxygen atoms in total. The minimum absolute atomic E-state index is 0.224. The SMILES string of the molecule is NC(c1cc2cccc(Cl)c2o1)c1cccs1. The number of hydrogen-bond donors (Lipinski definition) is 1. The van der Waals surface area contributed by atoms with Gasteiger partial charge < -0.3 is 10.2 Å². The van der Waals surface area contributed by atoms with Crippen molar-refractivity contribution in [2.45, 2.75) is 6.04 Å². The summed E-state index contributed by atoms with van der Waals surface area (Å²) in [6.45, 7) is 0. The van der Waals surface area contributed by atoms with Crippen molar-refractivity contribution >= 4 is 33.9 Å². The molecule has 1 aromatic carbocycles. The summed E-state index contributed by atoms with van der Waals surface area (Å²) in [5.41, 5.74) is 6.85. The van der Waals surface area contributed by atoms with E-state index in [1.807, 2.05) is 41.8 Å². The Morgan fingerprint density at radius 3 is 2.82 bits per heavy atom. The zero-order chi connectivity index (χ0) is 11.8. The van der Waals surface area contributed by atoms with Gasteiger partial charge in [-0.25, -0.2) is 0 Å². The average Bonchev–Trinajstić information content (AvgIpc) is 2.98. The van der Waals surface area contributed by atoms with Crippen LogP contribution in [0, 0.1) is 0 Å². The van der Waals surface area contributed by atoms with E-state index in [4.69, 9.17) is 21.8 Å². The monoisotopic (exact) mass is 263 g/mol. The lowest BCUT2D eigenvalue weighted by atomic mass is 10.2. The number of furan rings is 1. The first-order valence-corrected chi connectivity index (χ1v) is 6.48. The van der Waals surface area contributed by atoms with E-state index in [-0.39, 0.29) is 6.04 Å². The lowest BCUT2D eigenvalue weighted by Crippen LogP contribution is -2.08. The number of hydrogen-bond acceptors (Lipinski definition) is 3. The van der Waals surface area contributed by atoms with Gasteiger partial charge in [-0.05, 0) is 23.6 Å².